The second kappa shape index (κ2) is 6.64. The van der Waals surface area contributed by atoms with Crippen LogP contribution in [0, 0.1) is 0 Å². The lowest BCUT2D eigenvalue weighted by Crippen LogP contribution is -2.04. The van der Waals surface area contributed by atoms with Crippen LogP contribution in [-0.2, 0) is 0 Å². The Labute approximate surface area is 131 Å². The number of methoxy groups -OCH3 is 2. The minimum atomic E-state index is 0.0664. The third-order valence-corrected chi connectivity index (χ3v) is 3.02. The molecule has 0 atom stereocenters. The monoisotopic (exact) mass is 329 g/mol. The van der Waals surface area contributed by atoms with E-state index in [2.05, 4.69) is 25.6 Å². The summed E-state index contributed by atoms with van der Waals surface area (Å²) in [4.78, 5) is 12.0. The molecule has 0 spiro atoms. The third kappa shape index (κ3) is 3.56. The Morgan fingerprint density at radius 3 is 2.24 bits per heavy atom. The molecule has 112 valence electrons. The lowest BCUT2D eigenvalue weighted by Gasteiger charge is -2.13. The molecule has 7 nitrogen and oxygen atoms in total. The van der Waals surface area contributed by atoms with Crippen molar-refractivity contribution >= 4 is 40.8 Å². The van der Waals surface area contributed by atoms with Crippen LogP contribution in [0.2, 0.25) is 10.3 Å². The Hall–Kier alpha value is -1.99. The van der Waals surface area contributed by atoms with Crippen molar-refractivity contribution in [3.8, 4) is 11.5 Å². The van der Waals surface area contributed by atoms with Crippen molar-refractivity contribution in [2.75, 3.05) is 31.9 Å². The predicted molar refractivity (Wildman–Crippen MR) is 82.2 cm³/mol. The summed E-state index contributed by atoms with van der Waals surface area (Å²) in [5.74, 6) is 1.62. The maximum Gasteiger partial charge on any atom is 0.233 e. The molecule has 1 aromatic heterocycles. The van der Waals surface area contributed by atoms with Crippen LogP contribution in [0.1, 0.15) is 0 Å². The minimum Gasteiger partial charge on any atom is -0.495 e. The molecule has 2 rings (SSSR count). The van der Waals surface area contributed by atoms with Crippen molar-refractivity contribution in [3.05, 3.63) is 22.4 Å². The number of rotatable bonds is 5. The van der Waals surface area contributed by atoms with Gasteiger partial charge in [-0.2, -0.15) is 15.0 Å². The van der Waals surface area contributed by atoms with Gasteiger partial charge in [0.1, 0.15) is 11.5 Å². The first-order chi connectivity index (χ1) is 10.1. The van der Waals surface area contributed by atoms with Crippen molar-refractivity contribution in [2.45, 2.75) is 0 Å². The van der Waals surface area contributed by atoms with Gasteiger partial charge in [0.25, 0.3) is 0 Å². The van der Waals surface area contributed by atoms with E-state index in [0.717, 1.165) is 0 Å². The van der Waals surface area contributed by atoms with E-state index in [0.29, 0.717) is 28.2 Å². The van der Waals surface area contributed by atoms with Crippen molar-refractivity contribution in [1.29, 1.82) is 0 Å². The standard InChI is InChI=1S/C12H13Cl2N5O2/c1-15-11-17-10(14)18-12(19-11)16-7-5-8(20-2)6(13)4-9(7)21-3/h4-5H,1-3H3,(H2,15,16,17,18,19). The van der Waals surface area contributed by atoms with E-state index in [1.807, 2.05) is 0 Å². The number of nitrogens with zero attached hydrogens (tertiary/aromatic N) is 3. The van der Waals surface area contributed by atoms with E-state index in [1.54, 1.807) is 19.2 Å². The van der Waals surface area contributed by atoms with Crippen molar-refractivity contribution in [2.24, 2.45) is 0 Å². The normalized spacial score (nSPS) is 10.1. The summed E-state index contributed by atoms with van der Waals surface area (Å²) in [5.41, 5.74) is 0.586. The molecule has 0 amide bonds. The molecule has 9 heteroatoms. The number of aromatic nitrogens is 3. The van der Waals surface area contributed by atoms with E-state index in [1.165, 1.54) is 14.2 Å². The number of hydrogen-bond donors (Lipinski definition) is 2. The van der Waals surface area contributed by atoms with E-state index < -0.39 is 0 Å². The van der Waals surface area contributed by atoms with Crippen LogP contribution in [0.4, 0.5) is 17.6 Å². The lowest BCUT2D eigenvalue weighted by atomic mass is 10.2. The Morgan fingerprint density at radius 1 is 0.952 bits per heavy atom. The van der Waals surface area contributed by atoms with E-state index >= 15 is 0 Å². The van der Waals surface area contributed by atoms with Crippen LogP contribution in [-0.4, -0.2) is 36.2 Å². The molecule has 0 aliphatic carbocycles. The van der Waals surface area contributed by atoms with E-state index in [4.69, 9.17) is 32.7 Å². The summed E-state index contributed by atoms with van der Waals surface area (Å²) in [7, 11) is 4.74. The number of anilines is 3. The van der Waals surface area contributed by atoms with Crippen LogP contribution < -0.4 is 20.1 Å². The van der Waals surface area contributed by atoms with Gasteiger partial charge in [-0.1, -0.05) is 11.6 Å². The topological polar surface area (TPSA) is 81.2 Å². The quantitative estimate of drug-likeness (QED) is 0.872. The largest absolute Gasteiger partial charge is 0.495 e. The Balaban J connectivity index is 2.40. The molecule has 0 fully saturated rings. The molecule has 2 N–H and O–H groups in total. The fourth-order valence-electron chi connectivity index (χ4n) is 1.60. The van der Waals surface area contributed by atoms with Crippen LogP contribution in [0.5, 0.6) is 11.5 Å². The van der Waals surface area contributed by atoms with Gasteiger partial charge >= 0.3 is 0 Å². The maximum atomic E-state index is 6.05. The highest BCUT2D eigenvalue weighted by Gasteiger charge is 2.12. The zero-order valence-corrected chi connectivity index (χ0v) is 13.1. The van der Waals surface area contributed by atoms with E-state index in [9.17, 15) is 0 Å². The molecular weight excluding hydrogens is 317 g/mol. The minimum absolute atomic E-state index is 0.0664. The van der Waals surface area contributed by atoms with Gasteiger partial charge in [-0.05, 0) is 11.6 Å². The first kappa shape index (κ1) is 15.4. The van der Waals surface area contributed by atoms with Crippen LogP contribution in [0.3, 0.4) is 0 Å². The fourth-order valence-corrected chi connectivity index (χ4v) is 1.99. The SMILES string of the molecule is CNc1nc(Cl)nc(Nc2cc(OC)c(Cl)cc2OC)n1. The molecule has 2 aromatic rings. The molecular formula is C12H13Cl2N5O2. The molecule has 1 heterocycles. The highest BCUT2D eigenvalue weighted by Crippen LogP contribution is 2.36. The molecule has 0 unspecified atom stereocenters. The number of benzene rings is 1. The highest BCUT2D eigenvalue weighted by atomic mass is 35.5. The summed E-state index contributed by atoms with van der Waals surface area (Å²) in [5, 5.41) is 6.28. The predicted octanol–water partition coefficient (Wildman–Crippen LogP) is 2.98. The Kier molecular flexibility index (Phi) is 4.87. The highest BCUT2D eigenvalue weighted by molar-refractivity contribution is 6.32. The molecule has 1 aromatic carbocycles. The molecule has 0 aliphatic rings. The second-order valence-electron chi connectivity index (χ2n) is 3.81. The van der Waals surface area contributed by atoms with E-state index in [-0.39, 0.29) is 11.2 Å². The molecule has 0 saturated heterocycles. The van der Waals surface area contributed by atoms with Gasteiger partial charge in [0.05, 0.1) is 24.9 Å². The van der Waals surface area contributed by atoms with Gasteiger partial charge in [-0.25, -0.2) is 0 Å². The third-order valence-electron chi connectivity index (χ3n) is 2.55. The van der Waals surface area contributed by atoms with Gasteiger partial charge in [0.2, 0.25) is 17.2 Å². The number of nitrogens with one attached hydrogen (secondary N) is 2. The number of hydrogen-bond acceptors (Lipinski definition) is 7. The zero-order chi connectivity index (χ0) is 15.4. The average molecular weight is 330 g/mol. The summed E-state index contributed by atoms with van der Waals surface area (Å²) in [6.45, 7) is 0. The Morgan fingerprint density at radius 2 is 1.62 bits per heavy atom. The molecule has 0 bridgehead atoms. The zero-order valence-electron chi connectivity index (χ0n) is 11.6. The smallest absolute Gasteiger partial charge is 0.233 e. The van der Waals surface area contributed by atoms with Crippen LogP contribution in [0.25, 0.3) is 0 Å². The van der Waals surface area contributed by atoms with Crippen molar-refractivity contribution in [3.63, 3.8) is 0 Å². The summed E-state index contributed by atoms with van der Waals surface area (Å²) >= 11 is 11.9. The first-order valence-electron chi connectivity index (χ1n) is 5.85. The number of ether oxygens (including phenoxy) is 2. The van der Waals surface area contributed by atoms with Gasteiger partial charge in [-0.3, -0.25) is 0 Å². The van der Waals surface area contributed by atoms with Crippen molar-refractivity contribution in [1.82, 2.24) is 15.0 Å². The summed E-state index contributed by atoms with van der Waals surface area (Å²) in [6, 6.07) is 3.31. The van der Waals surface area contributed by atoms with Gasteiger partial charge in [0.15, 0.2) is 0 Å². The fraction of sp³-hybridized carbons (Fsp3) is 0.250. The number of halogens is 2. The van der Waals surface area contributed by atoms with Gasteiger partial charge in [-0.15, -0.1) is 0 Å². The van der Waals surface area contributed by atoms with Crippen LogP contribution >= 0.6 is 23.2 Å². The van der Waals surface area contributed by atoms with Crippen LogP contribution in [0.15, 0.2) is 12.1 Å². The summed E-state index contributed by atoms with van der Waals surface area (Å²) < 4.78 is 10.4. The Bertz CT molecular complexity index is 654. The van der Waals surface area contributed by atoms with Crippen molar-refractivity contribution < 1.29 is 9.47 Å². The first-order valence-corrected chi connectivity index (χ1v) is 6.60. The maximum absolute atomic E-state index is 6.05. The lowest BCUT2D eigenvalue weighted by molar-refractivity contribution is 0.405. The van der Waals surface area contributed by atoms with Gasteiger partial charge < -0.3 is 20.1 Å². The molecule has 0 radical (unpaired) electrons. The van der Waals surface area contributed by atoms with Gasteiger partial charge in [0, 0.05) is 19.2 Å². The molecule has 0 aliphatic heterocycles. The molecule has 21 heavy (non-hydrogen) atoms. The average Bonchev–Trinajstić information content (AvgIpc) is 2.47. The second-order valence-corrected chi connectivity index (χ2v) is 4.56. The summed E-state index contributed by atoms with van der Waals surface area (Å²) in [6.07, 6.45) is 0. The molecule has 0 saturated carbocycles.